The summed E-state index contributed by atoms with van der Waals surface area (Å²) in [6.07, 6.45) is 2.43. The van der Waals surface area contributed by atoms with E-state index in [0.29, 0.717) is 38.8 Å². The lowest BCUT2D eigenvalue weighted by Gasteiger charge is -2.38. The molecule has 2 aliphatic rings. The number of nitrogens with one attached hydrogen (secondary N) is 3. The molecule has 10 heteroatoms. The molecule has 0 bridgehead atoms. The Labute approximate surface area is 194 Å². The van der Waals surface area contributed by atoms with E-state index in [1.165, 1.54) is 4.90 Å². The van der Waals surface area contributed by atoms with Crippen LogP contribution in [0.15, 0.2) is 30.3 Å². The highest BCUT2D eigenvalue weighted by Gasteiger charge is 2.45. The van der Waals surface area contributed by atoms with Crippen LogP contribution in [-0.4, -0.2) is 84.4 Å². The first kappa shape index (κ1) is 24.5. The summed E-state index contributed by atoms with van der Waals surface area (Å²) in [5.41, 5.74) is 6.62. The summed E-state index contributed by atoms with van der Waals surface area (Å²) in [6, 6.07) is 6.95. The van der Waals surface area contributed by atoms with E-state index in [1.807, 2.05) is 30.3 Å². The fraction of sp³-hybridized carbons (Fsp3) is 0.565. The average Bonchev–Trinajstić information content (AvgIpc) is 3.22. The van der Waals surface area contributed by atoms with Crippen LogP contribution in [0.3, 0.4) is 0 Å². The number of urea groups is 1. The summed E-state index contributed by atoms with van der Waals surface area (Å²) in [5.74, 6) is -0.911. The van der Waals surface area contributed by atoms with Crippen LogP contribution < -0.4 is 21.7 Å². The van der Waals surface area contributed by atoms with Gasteiger partial charge in [-0.25, -0.2) is 4.79 Å². The van der Waals surface area contributed by atoms with E-state index >= 15 is 0 Å². The van der Waals surface area contributed by atoms with E-state index in [1.54, 1.807) is 18.9 Å². The molecule has 2 heterocycles. The molecule has 0 aliphatic carbocycles. The fourth-order valence-corrected chi connectivity index (χ4v) is 4.46. The smallest absolute Gasteiger partial charge is 0.314 e. The lowest BCUT2D eigenvalue weighted by Crippen LogP contribution is -2.62. The highest BCUT2D eigenvalue weighted by molar-refractivity contribution is 5.94. The highest BCUT2D eigenvalue weighted by atomic mass is 16.2. The number of nitrogens with zero attached hydrogens (tertiary/aromatic N) is 2. The van der Waals surface area contributed by atoms with Crippen molar-refractivity contribution < 1.29 is 19.2 Å². The number of carbonyl (C=O) groups is 4. The Hall–Kier alpha value is -3.14. The number of primary amides is 1. The Morgan fingerprint density at radius 3 is 2.55 bits per heavy atom. The molecule has 2 aliphatic heterocycles. The van der Waals surface area contributed by atoms with E-state index in [-0.39, 0.29) is 30.3 Å². The molecule has 33 heavy (non-hydrogen) atoms. The Balaban J connectivity index is 1.72. The predicted octanol–water partition coefficient (Wildman–Crippen LogP) is -0.418. The summed E-state index contributed by atoms with van der Waals surface area (Å²) in [7, 11) is 1.65. The third-order valence-electron chi connectivity index (χ3n) is 6.50. The number of rotatable bonds is 7. The molecule has 4 atom stereocenters. The zero-order valence-corrected chi connectivity index (χ0v) is 19.3. The van der Waals surface area contributed by atoms with Crippen LogP contribution in [0, 0.1) is 0 Å². The van der Waals surface area contributed by atoms with E-state index in [9.17, 15) is 19.2 Å². The number of hydrogen-bond acceptors (Lipinski definition) is 5. The van der Waals surface area contributed by atoms with Crippen molar-refractivity contribution in [2.75, 3.05) is 26.7 Å². The molecule has 5 N–H and O–H groups in total. The van der Waals surface area contributed by atoms with Crippen molar-refractivity contribution in [2.45, 2.75) is 56.8 Å². The molecule has 180 valence electrons. The Kier molecular flexibility index (Phi) is 8.26. The SMILES string of the molecule is CN[C@@H](C)C(=O)N[C@H]1CN(C(N)=O)CC[C@H]2CCC(C(=O)NCCc3ccccc3)N2C1=O. The van der Waals surface area contributed by atoms with E-state index in [2.05, 4.69) is 16.0 Å². The van der Waals surface area contributed by atoms with E-state index in [4.69, 9.17) is 5.73 Å². The standard InChI is InChI=1S/C23H34N6O4/c1-15(25-2)20(30)27-18-14-28(23(24)33)13-11-17-8-9-19(29(17)22(18)32)21(31)26-12-10-16-6-4-3-5-7-16/h3-7,15,17-19,25H,8-14H2,1-2H3,(H2,24,33)(H,26,31)(H,27,30)/t15-,17+,18-,19?/m0/s1. The fourth-order valence-electron chi connectivity index (χ4n) is 4.46. The number of carbonyl (C=O) groups excluding carboxylic acids is 4. The first-order valence-corrected chi connectivity index (χ1v) is 11.5. The molecule has 0 radical (unpaired) electrons. The van der Waals surface area contributed by atoms with Crippen molar-refractivity contribution in [3.05, 3.63) is 35.9 Å². The first-order valence-electron chi connectivity index (χ1n) is 11.5. The highest BCUT2D eigenvalue weighted by Crippen LogP contribution is 2.29. The summed E-state index contributed by atoms with van der Waals surface area (Å²) < 4.78 is 0. The second kappa shape index (κ2) is 11.1. The summed E-state index contributed by atoms with van der Waals surface area (Å²) in [5, 5.41) is 8.53. The topological polar surface area (TPSA) is 137 Å². The average molecular weight is 459 g/mol. The number of benzene rings is 1. The summed E-state index contributed by atoms with van der Waals surface area (Å²) in [4.78, 5) is 53.9. The van der Waals surface area contributed by atoms with Gasteiger partial charge in [0.05, 0.1) is 12.6 Å². The van der Waals surface area contributed by atoms with Crippen molar-refractivity contribution in [3.8, 4) is 0 Å². The van der Waals surface area contributed by atoms with Crippen molar-refractivity contribution in [2.24, 2.45) is 5.73 Å². The second-order valence-corrected chi connectivity index (χ2v) is 8.66. The van der Waals surface area contributed by atoms with Gasteiger partial charge in [-0.15, -0.1) is 0 Å². The van der Waals surface area contributed by atoms with Crippen molar-refractivity contribution in [1.29, 1.82) is 0 Å². The van der Waals surface area contributed by atoms with E-state index in [0.717, 1.165) is 5.56 Å². The Morgan fingerprint density at radius 1 is 1.15 bits per heavy atom. The molecule has 10 nitrogen and oxygen atoms in total. The molecule has 0 spiro atoms. The van der Waals surface area contributed by atoms with Gasteiger partial charge >= 0.3 is 6.03 Å². The minimum Gasteiger partial charge on any atom is -0.354 e. The molecule has 0 aromatic heterocycles. The zero-order valence-electron chi connectivity index (χ0n) is 19.3. The van der Waals surface area contributed by atoms with Crippen molar-refractivity contribution >= 4 is 23.8 Å². The van der Waals surface area contributed by atoms with Gasteiger partial charge in [0.2, 0.25) is 17.7 Å². The quantitative estimate of drug-likeness (QED) is 0.440. The third kappa shape index (κ3) is 6.01. The Morgan fingerprint density at radius 2 is 1.88 bits per heavy atom. The minimum absolute atomic E-state index is 0.0259. The van der Waals surface area contributed by atoms with Crippen LogP contribution in [0.5, 0.6) is 0 Å². The minimum atomic E-state index is -0.971. The number of likely N-dealkylation sites (N-methyl/N-ethyl adjacent to an activating group) is 1. The van der Waals surface area contributed by atoms with Crippen LogP contribution >= 0.6 is 0 Å². The maximum atomic E-state index is 13.5. The molecule has 3 rings (SSSR count). The lowest BCUT2D eigenvalue weighted by molar-refractivity contribution is -0.144. The molecular formula is C23H34N6O4. The van der Waals surface area contributed by atoms with Crippen molar-refractivity contribution in [1.82, 2.24) is 25.8 Å². The third-order valence-corrected chi connectivity index (χ3v) is 6.50. The summed E-state index contributed by atoms with van der Waals surface area (Å²) in [6.45, 7) is 2.49. The molecular weight excluding hydrogens is 424 g/mol. The van der Waals surface area contributed by atoms with Crippen LogP contribution in [0.4, 0.5) is 4.79 Å². The molecule has 0 saturated carbocycles. The molecule has 1 unspecified atom stereocenters. The lowest BCUT2D eigenvalue weighted by atomic mass is 10.1. The zero-order chi connectivity index (χ0) is 24.0. The van der Waals surface area contributed by atoms with Gasteiger partial charge in [0.1, 0.15) is 12.1 Å². The van der Waals surface area contributed by atoms with Gasteiger partial charge < -0.3 is 31.5 Å². The van der Waals surface area contributed by atoms with Gasteiger partial charge in [-0.05, 0) is 45.2 Å². The maximum absolute atomic E-state index is 13.5. The van der Waals surface area contributed by atoms with Crippen LogP contribution in [0.2, 0.25) is 0 Å². The first-order chi connectivity index (χ1) is 15.8. The molecule has 2 fully saturated rings. The molecule has 1 aromatic rings. The molecule has 1 aromatic carbocycles. The van der Waals surface area contributed by atoms with Gasteiger partial charge in [0.15, 0.2) is 0 Å². The van der Waals surface area contributed by atoms with Gasteiger partial charge in [-0.2, -0.15) is 0 Å². The normalized spacial score (nSPS) is 23.8. The number of amides is 5. The van der Waals surface area contributed by atoms with Crippen LogP contribution in [0.25, 0.3) is 0 Å². The van der Waals surface area contributed by atoms with Gasteiger partial charge in [0, 0.05) is 19.1 Å². The van der Waals surface area contributed by atoms with Gasteiger partial charge in [0.25, 0.3) is 0 Å². The van der Waals surface area contributed by atoms with Gasteiger partial charge in [-0.1, -0.05) is 30.3 Å². The Bertz CT molecular complexity index is 864. The maximum Gasteiger partial charge on any atom is 0.314 e. The molecule has 2 saturated heterocycles. The summed E-state index contributed by atoms with van der Waals surface area (Å²) >= 11 is 0. The number of fused-ring (bicyclic) bond motifs is 1. The number of nitrogens with two attached hydrogens (primary N) is 1. The van der Waals surface area contributed by atoms with Crippen LogP contribution in [-0.2, 0) is 20.8 Å². The van der Waals surface area contributed by atoms with Gasteiger partial charge in [-0.3, -0.25) is 14.4 Å². The largest absolute Gasteiger partial charge is 0.354 e. The van der Waals surface area contributed by atoms with Crippen molar-refractivity contribution in [3.63, 3.8) is 0 Å². The van der Waals surface area contributed by atoms with E-state index < -0.39 is 24.2 Å². The second-order valence-electron chi connectivity index (χ2n) is 8.66. The number of hydrogen-bond donors (Lipinski definition) is 4. The monoisotopic (exact) mass is 458 g/mol. The predicted molar refractivity (Wildman–Crippen MR) is 123 cm³/mol. The van der Waals surface area contributed by atoms with Crippen LogP contribution in [0.1, 0.15) is 31.7 Å². The molecule has 5 amide bonds.